The van der Waals surface area contributed by atoms with Gasteiger partial charge in [0.2, 0.25) is 5.28 Å². The summed E-state index contributed by atoms with van der Waals surface area (Å²) in [6, 6.07) is 0. The number of aromatic nitrogens is 2. The van der Waals surface area contributed by atoms with Gasteiger partial charge in [-0.15, -0.1) is 0 Å². The van der Waals surface area contributed by atoms with Gasteiger partial charge in [-0.25, -0.2) is 4.98 Å². The highest BCUT2D eigenvalue weighted by atomic mass is 79.9. The number of anilines is 1. The lowest BCUT2D eigenvalue weighted by Gasteiger charge is -2.36. The molecule has 4 nitrogen and oxygen atoms in total. The van der Waals surface area contributed by atoms with Crippen molar-refractivity contribution < 1.29 is 4.74 Å². The first-order valence-electron chi connectivity index (χ1n) is 5.14. The van der Waals surface area contributed by atoms with Crippen molar-refractivity contribution >= 4 is 33.3 Å². The summed E-state index contributed by atoms with van der Waals surface area (Å²) in [5.41, 5.74) is 0. The smallest absolute Gasteiger partial charge is 0.224 e. The molecule has 1 saturated heterocycles. The molecule has 1 aliphatic heterocycles. The lowest BCUT2D eigenvalue weighted by atomic mass is 10.2. The maximum Gasteiger partial charge on any atom is 0.224 e. The molecular weight excluding hydrogens is 293 g/mol. The molecule has 1 aromatic rings. The highest BCUT2D eigenvalue weighted by Gasteiger charge is 2.24. The van der Waals surface area contributed by atoms with Crippen LogP contribution in [0.1, 0.15) is 13.8 Å². The Morgan fingerprint density at radius 3 is 2.69 bits per heavy atom. The molecule has 2 atom stereocenters. The quantitative estimate of drug-likeness (QED) is 0.747. The van der Waals surface area contributed by atoms with E-state index in [1.54, 1.807) is 6.20 Å². The third-order valence-electron chi connectivity index (χ3n) is 2.42. The Labute approximate surface area is 108 Å². The summed E-state index contributed by atoms with van der Waals surface area (Å²) in [5.74, 6) is 0.835. The van der Waals surface area contributed by atoms with Crippen LogP contribution in [0.4, 0.5) is 5.82 Å². The van der Waals surface area contributed by atoms with Crippen molar-refractivity contribution in [3.8, 4) is 0 Å². The number of halogens is 2. The molecular formula is C10H13BrClN3O. The predicted molar refractivity (Wildman–Crippen MR) is 67.0 cm³/mol. The van der Waals surface area contributed by atoms with Crippen molar-refractivity contribution in [2.24, 2.45) is 0 Å². The summed E-state index contributed by atoms with van der Waals surface area (Å²) in [5, 5.41) is 0.269. The number of ether oxygens (including phenoxy) is 1. The van der Waals surface area contributed by atoms with Gasteiger partial charge >= 0.3 is 0 Å². The van der Waals surface area contributed by atoms with Crippen LogP contribution < -0.4 is 4.90 Å². The molecule has 2 rings (SSSR count). The molecule has 16 heavy (non-hydrogen) atoms. The monoisotopic (exact) mass is 305 g/mol. The maximum absolute atomic E-state index is 5.81. The molecule has 1 aromatic heterocycles. The third-order valence-corrected chi connectivity index (χ3v) is 3.16. The second-order valence-electron chi connectivity index (χ2n) is 3.97. The Hall–Kier alpha value is -0.390. The van der Waals surface area contributed by atoms with Crippen molar-refractivity contribution in [2.45, 2.75) is 26.1 Å². The zero-order valence-corrected chi connectivity index (χ0v) is 11.5. The van der Waals surface area contributed by atoms with Crippen molar-refractivity contribution in [1.29, 1.82) is 0 Å². The second-order valence-corrected chi connectivity index (χ2v) is 5.17. The van der Waals surface area contributed by atoms with Crippen LogP contribution in [0, 0.1) is 0 Å². The normalized spacial score (nSPS) is 25.9. The number of hydrogen-bond donors (Lipinski definition) is 0. The van der Waals surface area contributed by atoms with Gasteiger partial charge in [-0.2, -0.15) is 4.98 Å². The van der Waals surface area contributed by atoms with E-state index in [2.05, 4.69) is 44.6 Å². The Bertz CT molecular complexity index is 380. The second kappa shape index (κ2) is 4.85. The van der Waals surface area contributed by atoms with E-state index in [0.717, 1.165) is 23.4 Å². The van der Waals surface area contributed by atoms with Crippen LogP contribution in [0.3, 0.4) is 0 Å². The zero-order valence-electron chi connectivity index (χ0n) is 9.15. The van der Waals surface area contributed by atoms with Crippen LogP contribution in [0.15, 0.2) is 10.7 Å². The molecule has 6 heteroatoms. The van der Waals surface area contributed by atoms with Crippen molar-refractivity contribution in [1.82, 2.24) is 9.97 Å². The lowest BCUT2D eigenvalue weighted by molar-refractivity contribution is -0.00550. The number of rotatable bonds is 1. The van der Waals surface area contributed by atoms with Gasteiger partial charge in [0.15, 0.2) is 0 Å². The van der Waals surface area contributed by atoms with Crippen LogP contribution in [0.2, 0.25) is 5.28 Å². The van der Waals surface area contributed by atoms with E-state index < -0.39 is 0 Å². The van der Waals surface area contributed by atoms with E-state index in [-0.39, 0.29) is 17.5 Å². The van der Waals surface area contributed by atoms with Crippen molar-refractivity contribution in [3.63, 3.8) is 0 Å². The molecule has 1 aliphatic rings. The Kier molecular flexibility index (Phi) is 3.66. The van der Waals surface area contributed by atoms with Gasteiger partial charge < -0.3 is 9.64 Å². The summed E-state index contributed by atoms with van der Waals surface area (Å²) < 4.78 is 6.53. The highest BCUT2D eigenvalue weighted by molar-refractivity contribution is 9.10. The minimum atomic E-state index is 0.199. The molecule has 88 valence electrons. The molecule has 1 fully saturated rings. The zero-order chi connectivity index (χ0) is 11.7. The Morgan fingerprint density at radius 1 is 1.44 bits per heavy atom. The summed E-state index contributed by atoms with van der Waals surface area (Å²) in [7, 11) is 0. The fraction of sp³-hybridized carbons (Fsp3) is 0.600. The average molecular weight is 307 g/mol. The molecule has 0 aliphatic carbocycles. The fourth-order valence-electron chi connectivity index (χ4n) is 1.91. The topological polar surface area (TPSA) is 38.2 Å². The summed E-state index contributed by atoms with van der Waals surface area (Å²) in [6.07, 6.45) is 2.07. The molecule has 0 aromatic carbocycles. The van der Waals surface area contributed by atoms with Gasteiger partial charge in [0, 0.05) is 19.3 Å². The van der Waals surface area contributed by atoms with Crippen LogP contribution in [0.25, 0.3) is 0 Å². The lowest BCUT2D eigenvalue weighted by Crippen LogP contribution is -2.46. The van der Waals surface area contributed by atoms with Crippen LogP contribution >= 0.6 is 27.5 Å². The molecule has 2 heterocycles. The molecule has 0 spiro atoms. The van der Waals surface area contributed by atoms with Gasteiger partial charge in [0.1, 0.15) is 5.82 Å². The van der Waals surface area contributed by atoms with Crippen LogP contribution in [-0.4, -0.2) is 35.3 Å². The minimum Gasteiger partial charge on any atom is -0.372 e. The van der Waals surface area contributed by atoms with Gasteiger partial charge in [-0.05, 0) is 41.4 Å². The van der Waals surface area contributed by atoms with Crippen LogP contribution in [-0.2, 0) is 4.74 Å². The van der Waals surface area contributed by atoms with Gasteiger partial charge in [-0.3, -0.25) is 0 Å². The fourth-order valence-corrected chi connectivity index (χ4v) is 2.48. The molecule has 0 N–H and O–H groups in total. The summed E-state index contributed by atoms with van der Waals surface area (Å²) in [4.78, 5) is 10.3. The molecule has 0 saturated carbocycles. The van der Waals surface area contributed by atoms with Crippen molar-refractivity contribution in [2.75, 3.05) is 18.0 Å². The predicted octanol–water partition coefficient (Wildman–Crippen LogP) is 2.51. The van der Waals surface area contributed by atoms with Crippen molar-refractivity contribution in [3.05, 3.63) is 16.0 Å². The molecule has 0 unspecified atom stereocenters. The van der Waals surface area contributed by atoms with Gasteiger partial charge in [0.05, 0.1) is 16.7 Å². The van der Waals surface area contributed by atoms with E-state index in [9.17, 15) is 0 Å². The van der Waals surface area contributed by atoms with E-state index in [4.69, 9.17) is 16.3 Å². The largest absolute Gasteiger partial charge is 0.372 e. The van der Waals surface area contributed by atoms with E-state index in [0.29, 0.717) is 0 Å². The van der Waals surface area contributed by atoms with E-state index in [1.165, 1.54) is 0 Å². The molecule has 0 amide bonds. The first kappa shape index (κ1) is 12.1. The number of hydrogen-bond acceptors (Lipinski definition) is 4. The standard InChI is InChI=1S/C10H13BrClN3O/c1-6-4-15(5-7(2)16-6)9-8(11)3-13-10(12)14-9/h3,6-7H,4-5H2,1-2H3/t6-,7+. The van der Waals surface area contributed by atoms with E-state index in [1.807, 2.05) is 0 Å². The minimum absolute atomic E-state index is 0.199. The Balaban J connectivity index is 2.25. The van der Waals surface area contributed by atoms with E-state index >= 15 is 0 Å². The van der Waals surface area contributed by atoms with Gasteiger partial charge in [-0.1, -0.05) is 0 Å². The Morgan fingerprint density at radius 2 is 2.06 bits per heavy atom. The molecule has 0 radical (unpaired) electrons. The SMILES string of the molecule is C[C@@H]1CN(c2nc(Cl)ncc2Br)C[C@H](C)O1. The average Bonchev–Trinajstić information content (AvgIpc) is 2.20. The van der Waals surface area contributed by atoms with Crippen LogP contribution in [0.5, 0.6) is 0 Å². The first-order chi connectivity index (χ1) is 7.56. The summed E-state index contributed by atoms with van der Waals surface area (Å²) in [6.45, 7) is 5.74. The third kappa shape index (κ3) is 2.64. The van der Waals surface area contributed by atoms with Gasteiger partial charge in [0.25, 0.3) is 0 Å². The maximum atomic E-state index is 5.81. The number of nitrogens with zero attached hydrogens (tertiary/aromatic N) is 3. The summed E-state index contributed by atoms with van der Waals surface area (Å²) >= 11 is 9.25. The highest BCUT2D eigenvalue weighted by Crippen LogP contribution is 2.26. The number of morpholine rings is 1. The molecule has 0 bridgehead atoms. The first-order valence-corrected chi connectivity index (χ1v) is 6.32.